The number of nitrogens with one attached hydrogen (secondary N) is 2. The van der Waals surface area contributed by atoms with E-state index >= 15 is 0 Å². The van der Waals surface area contributed by atoms with Gasteiger partial charge in [0.2, 0.25) is 5.75 Å². The van der Waals surface area contributed by atoms with Crippen molar-refractivity contribution in [3.63, 3.8) is 0 Å². The number of aromatic nitrogens is 2. The number of aliphatic hydroxyl groups excluding tert-OH is 2. The van der Waals surface area contributed by atoms with Crippen LogP contribution in [-0.2, 0) is 0 Å². The molecule has 0 bridgehead atoms. The van der Waals surface area contributed by atoms with Crippen LogP contribution < -0.4 is 15.4 Å². The first kappa shape index (κ1) is 15.5. The van der Waals surface area contributed by atoms with Gasteiger partial charge in [-0.3, -0.25) is 0 Å². The second-order valence-electron chi connectivity index (χ2n) is 4.21. The molecule has 0 aliphatic carbocycles. The molecule has 0 aliphatic heterocycles. The molecule has 1 heterocycles. The minimum atomic E-state index is -0.828. The normalized spacial score (nSPS) is 11.2. The minimum Gasteiger partial charge on any atom is -0.490 e. The van der Waals surface area contributed by atoms with Crippen LogP contribution in [0.2, 0.25) is 0 Å². The number of hydrogen-bond acceptors (Lipinski definition) is 7. The molecule has 108 valence electrons. The Morgan fingerprint density at radius 1 is 1.21 bits per heavy atom. The standard InChI is InChI=1S/C12H22N4O3/c1-4-12(6-17,7-18)16-11-9(19-3)10(13-5-2)14-8-15-11/h8,17-18H,4-7H2,1-3H3,(H2,13,14,15,16). The smallest absolute Gasteiger partial charge is 0.204 e. The summed E-state index contributed by atoms with van der Waals surface area (Å²) in [6.45, 7) is 4.11. The van der Waals surface area contributed by atoms with Gasteiger partial charge in [-0.05, 0) is 13.3 Å². The molecule has 4 N–H and O–H groups in total. The summed E-state index contributed by atoms with van der Waals surface area (Å²) in [5, 5.41) is 25.0. The van der Waals surface area contributed by atoms with Gasteiger partial charge in [0.1, 0.15) is 6.33 Å². The van der Waals surface area contributed by atoms with Crippen molar-refractivity contribution in [2.75, 3.05) is 37.5 Å². The van der Waals surface area contributed by atoms with Gasteiger partial charge in [0, 0.05) is 6.54 Å². The Balaban J connectivity index is 3.09. The van der Waals surface area contributed by atoms with E-state index in [2.05, 4.69) is 20.6 Å². The van der Waals surface area contributed by atoms with Crippen LogP contribution >= 0.6 is 0 Å². The fraction of sp³-hybridized carbons (Fsp3) is 0.667. The lowest BCUT2D eigenvalue weighted by atomic mass is 9.98. The molecule has 0 spiro atoms. The first-order valence-corrected chi connectivity index (χ1v) is 6.29. The molecule has 7 nitrogen and oxygen atoms in total. The molecule has 0 fully saturated rings. The molecule has 1 aromatic rings. The minimum absolute atomic E-state index is 0.205. The maximum absolute atomic E-state index is 9.45. The average Bonchev–Trinajstić information content (AvgIpc) is 2.45. The summed E-state index contributed by atoms with van der Waals surface area (Å²) in [7, 11) is 1.52. The third kappa shape index (κ3) is 3.45. The van der Waals surface area contributed by atoms with Gasteiger partial charge < -0.3 is 25.6 Å². The van der Waals surface area contributed by atoms with E-state index in [1.165, 1.54) is 13.4 Å². The van der Waals surface area contributed by atoms with E-state index in [-0.39, 0.29) is 13.2 Å². The van der Waals surface area contributed by atoms with E-state index in [1.54, 1.807) is 0 Å². The summed E-state index contributed by atoms with van der Waals surface area (Å²) >= 11 is 0. The summed E-state index contributed by atoms with van der Waals surface area (Å²) < 4.78 is 5.30. The zero-order chi connectivity index (χ0) is 14.3. The summed E-state index contributed by atoms with van der Waals surface area (Å²) in [6.07, 6.45) is 1.95. The number of rotatable bonds is 8. The molecule has 0 aliphatic rings. The van der Waals surface area contributed by atoms with Crippen LogP contribution in [0.4, 0.5) is 11.6 Å². The highest BCUT2D eigenvalue weighted by Crippen LogP contribution is 2.31. The Kier molecular flexibility index (Phi) is 5.78. The van der Waals surface area contributed by atoms with Crippen molar-refractivity contribution in [1.82, 2.24) is 9.97 Å². The topological polar surface area (TPSA) is 99.5 Å². The van der Waals surface area contributed by atoms with Gasteiger partial charge in [-0.25, -0.2) is 9.97 Å². The Morgan fingerprint density at radius 3 is 2.32 bits per heavy atom. The number of aliphatic hydroxyl groups is 2. The fourth-order valence-electron chi connectivity index (χ4n) is 1.64. The lowest BCUT2D eigenvalue weighted by Gasteiger charge is -2.31. The SMILES string of the molecule is CCNc1ncnc(NC(CC)(CO)CO)c1OC. The Labute approximate surface area is 113 Å². The number of anilines is 2. The third-order valence-electron chi connectivity index (χ3n) is 3.02. The summed E-state index contributed by atoms with van der Waals surface area (Å²) in [4.78, 5) is 8.21. The fourth-order valence-corrected chi connectivity index (χ4v) is 1.64. The maximum atomic E-state index is 9.45. The second kappa shape index (κ2) is 7.10. The zero-order valence-corrected chi connectivity index (χ0v) is 11.6. The summed E-state index contributed by atoms with van der Waals surface area (Å²) in [6, 6.07) is 0. The molecule has 1 aromatic heterocycles. The molecule has 0 unspecified atom stereocenters. The van der Waals surface area contributed by atoms with E-state index < -0.39 is 5.54 Å². The van der Waals surface area contributed by atoms with Gasteiger partial charge in [-0.15, -0.1) is 0 Å². The van der Waals surface area contributed by atoms with Crippen LogP contribution in [-0.4, -0.2) is 52.6 Å². The van der Waals surface area contributed by atoms with Crippen molar-refractivity contribution in [2.45, 2.75) is 25.8 Å². The first-order chi connectivity index (χ1) is 9.16. The van der Waals surface area contributed by atoms with Crippen LogP contribution in [0.25, 0.3) is 0 Å². The van der Waals surface area contributed by atoms with Crippen molar-refractivity contribution in [3.8, 4) is 5.75 Å². The van der Waals surface area contributed by atoms with Crippen LogP contribution in [0.5, 0.6) is 5.75 Å². The molecular formula is C12H22N4O3. The Morgan fingerprint density at radius 2 is 1.84 bits per heavy atom. The molecule has 0 saturated heterocycles. The second-order valence-corrected chi connectivity index (χ2v) is 4.21. The van der Waals surface area contributed by atoms with Gasteiger partial charge in [0.25, 0.3) is 0 Å². The summed E-state index contributed by atoms with van der Waals surface area (Å²) in [5.74, 6) is 1.48. The molecule has 7 heteroatoms. The van der Waals surface area contributed by atoms with E-state index in [0.717, 1.165) is 0 Å². The van der Waals surface area contributed by atoms with E-state index in [0.29, 0.717) is 30.4 Å². The molecular weight excluding hydrogens is 248 g/mol. The first-order valence-electron chi connectivity index (χ1n) is 6.29. The molecule has 0 aromatic carbocycles. The van der Waals surface area contributed by atoms with Crippen LogP contribution in [0.1, 0.15) is 20.3 Å². The Bertz CT molecular complexity index is 388. The molecule has 19 heavy (non-hydrogen) atoms. The number of ether oxygens (including phenoxy) is 1. The predicted molar refractivity (Wildman–Crippen MR) is 73.6 cm³/mol. The molecule has 0 saturated carbocycles. The van der Waals surface area contributed by atoms with Crippen molar-refractivity contribution in [2.24, 2.45) is 0 Å². The van der Waals surface area contributed by atoms with E-state index in [9.17, 15) is 10.2 Å². The van der Waals surface area contributed by atoms with Gasteiger partial charge >= 0.3 is 0 Å². The van der Waals surface area contributed by atoms with Gasteiger partial charge in [-0.1, -0.05) is 6.92 Å². The highest BCUT2D eigenvalue weighted by Gasteiger charge is 2.28. The van der Waals surface area contributed by atoms with Crippen molar-refractivity contribution >= 4 is 11.6 Å². The molecule has 0 atom stereocenters. The average molecular weight is 270 g/mol. The quantitative estimate of drug-likeness (QED) is 0.544. The highest BCUT2D eigenvalue weighted by molar-refractivity contribution is 5.64. The monoisotopic (exact) mass is 270 g/mol. The van der Waals surface area contributed by atoms with Crippen LogP contribution in [0.15, 0.2) is 6.33 Å². The Hall–Kier alpha value is -1.60. The van der Waals surface area contributed by atoms with Crippen molar-refractivity contribution in [3.05, 3.63) is 6.33 Å². The molecule has 1 rings (SSSR count). The number of hydrogen-bond donors (Lipinski definition) is 4. The number of methoxy groups -OCH3 is 1. The highest BCUT2D eigenvalue weighted by atomic mass is 16.5. The number of nitrogens with zero attached hydrogens (tertiary/aromatic N) is 2. The maximum Gasteiger partial charge on any atom is 0.204 e. The predicted octanol–water partition coefficient (Wildman–Crippen LogP) is 0.462. The lowest BCUT2D eigenvalue weighted by Crippen LogP contribution is -2.45. The largest absolute Gasteiger partial charge is 0.490 e. The van der Waals surface area contributed by atoms with Gasteiger partial charge in [0.15, 0.2) is 11.6 Å². The van der Waals surface area contributed by atoms with E-state index in [1.807, 2.05) is 13.8 Å². The lowest BCUT2D eigenvalue weighted by molar-refractivity contribution is 0.132. The van der Waals surface area contributed by atoms with Gasteiger partial charge in [0.05, 0.1) is 25.9 Å². The van der Waals surface area contributed by atoms with Crippen molar-refractivity contribution < 1.29 is 14.9 Å². The van der Waals surface area contributed by atoms with Crippen molar-refractivity contribution in [1.29, 1.82) is 0 Å². The zero-order valence-electron chi connectivity index (χ0n) is 11.6. The molecule has 0 radical (unpaired) electrons. The summed E-state index contributed by atoms with van der Waals surface area (Å²) in [5.41, 5.74) is -0.828. The van der Waals surface area contributed by atoms with Crippen LogP contribution in [0, 0.1) is 0 Å². The van der Waals surface area contributed by atoms with Gasteiger partial charge in [-0.2, -0.15) is 0 Å². The molecule has 0 amide bonds. The van der Waals surface area contributed by atoms with Crippen LogP contribution in [0.3, 0.4) is 0 Å². The third-order valence-corrected chi connectivity index (χ3v) is 3.02. The van der Waals surface area contributed by atoms with E-state index in [4.69, 9.17) is 4.74 Å².